The number of hydrogen-bond acceptors (Lipinski definition) is 2. The lowest BCUT2D eigenvalue weighted by Gasteiger charge is -2.46. The number of ether oxygens (including phenoxy) is 1. The smallest absolute Gasteiger partial charge is 0.100 e. The van der Waals surface area contributed by atoms with Gasteiger partial charge < -0.3 is 4.74 Å². The van der Waals surface area contributed by atoms with Crippen molar-refractivity contribution >= 4 is 27.0 Å². The lowest BCUT2D eigenvalue weighted by atomic mass is 9.60. The molecule has 2 heteroatoms. The van der Waals surface area contributed by atoms with Crippen molar-refractivity contribution in [2.24, 2.45) is 35.5 Å². The van der Waals surface area contributed by atoms with Crippen molar-refractivity contribution in [3.05, 3.63) is 51.1 Å². The van der Waals surface area contributed by atoms with Crippen LogP contribution in [-0.2, 0) is 24.0 Å². The summed E-state index contributed by atoms with van der Waals surface area (Å²) in [5.74, 6) is 5.78. The molecule has 2 aromatic rings. The number of thiophene rings is 1. The number of allylic oxidation sites excluding steroid dienone is 4. The van der Waals surface area contributed by atoms with Gasteiger partial charge in [-0.15, -0.1) is 11.3 Å². The van der Waals surface area contributed by atoms with Gasteiger partial charge in [-0.1, -0.05) is 118 Å². The zero-order chi connectivity index (χ0) is 33.3. The van der Waals surface area contributed by atoms with Gasteiger partial charge in [0.2, 0.25) is 0 Å². The average Bonchev–Trinajstić information content (AvgIpc) is 3.45. The summed E-state index contributed by atoms with van der Waals surface area (Å²) in [6, 6.07) is 5.08. The molecule has 1 fully saturated rings. The van der Waals surface area contributed by atoms with Crippen LogP contribution in [0.25, 0.3) is 15.7 Å². The highest BCUT2D eigenvalue weighted by Gasteiger charge is 2.44. The third kappa shape index (κ3) is 8.61. The predicted molar refractivity (Wildman–Crippen MR) is 208 cm³/mol. The fraction of sp³-hybridized carbons (Fsp3) is 0.733. The van der Waals surface area contributed by atoms with E-state index in [4.69, 9.17) is 4.74 Å². The van der Waals surface area contributed by atoms with Crippen LogP contribution in [0, 0.1) is 35.5 Å². The normalized spacial score (nSPS) is 23.7. The van der Waals surface area contributed by atoms with Crippen LogP contribution in [0.1, 0.15) is 173 Å². The number of rotatable bonds is 19. The van der Waals surface area contributed by atoms with Crippen molar-refractivity contribution in [1.82, 2.24) is 0 Å². The van der Waals surface area contributed by atoms with E-state index < -0.39 is 0 Å². The Labute approximate surface area is 294 Å². The van der Waals surface area contributed by atoms with Gasteiger partial charge in [0.05, 0.1) is 6.61 Å². The van der Waals surface area contributed by atoms with Gasteiger partial charge in [-0.25, -0.2) is 0 Å². The van der Waals surface area contributed by atoms with Crippen molar-refractivity contribution in [2.45, 2.75) is 170 Å². The van der Waals surface area contributed by atoms with Crippen LogP contribution in [0.15, 0.2) is 29.5 Å². The summed E-state index contributed by atoms with van der Waals surface area (Å²) >= 11 is 2.19. The maximum Gasteiger partial charge on any atom is 0.100 e. The Balaban J connectivity index is 1.62. The third-order valence-corrected chi connectivity index (χ3v) is 13.5. The minimum Gasteiger partial charge on any atom is -0.498 e. The van der Waals surface area contributed by atoms with E-state index in [1.807, 2.05) is 5.57 Å². The van der Waals surface area contributed by atoms with Crippen LogP contribution >= 0.6 is 11.3 Å². The summed E-state index contributed by atoms with van der Waals surface area (Å²) < 4.78 is 8.39. The van der Waals surface area contributed by atoms with E-state index in [9.17, 15) is 0 Å². The van der Waals surface area contributed by atoms with Gasteiger partial charge >= 0.3 is 0 Å². The largest absolute Gasteiger partial charge is 0.498 e. The predicted octanol–water partition coefficient (Wildman–Crippen LogP) is 14.3. The van der Waals surface area contributed by atoms with Gasteiger partial charge in [0, 0.05) is 26.4 Å². The molecular weight excluding hydrogens is 589 g/mol. The van der Waals surface area contributed by atoms with E-state index in [1.165, 1.54) is 121 Å². The summed E-state index contributed by atoms with van der Waals surface area (Å²) in [6.45, 7) is 17.6. The monoisotopic (exact) mass is 659 g/mol. The molecule has 1 saturated carbocycles. The highest BCUT2D eigenvalue weighted by Crippen LogP contribution is 2.57. The second-order valence-corrected chi connectivity index (χ2v) is 17.3. The lowest BCUT2D eigenvalue weighted by molar-refractivity contribution is 0.109. The fourth-order valence-corrected chi connectivity index (χ4v) is 11.2. The van der Waals surface area contributed by atoms with Gasteiger partial charge in [-0.3, -0.25) is 0 Å². The standard InChI is InChI=1S/C45H70OS/c1-8-13-17-31(6)26-33-21-23-37-39(28-33)43-35(27-32(7)18-14-9-2)29-42-44(40(43)30-41(37)46-25-12-5)38-24-22-34(19-15-10-3)36(20-16-11-4)45(38)47-42/h22,24,30-33,35,37,39H,8-21,23,25-29H2,1-7H3. The van der Waals surface area contributed by atoms with E-state index in [-0.39, 0.29) is 0 Å². The zero-order valence-corrected chi connectivity index (χ0v) is 32.5. The Morgan fingerprint density at radius 3 is 2.19 bits per heavy atom. The SMILES string of the molecule is CCCCc1ccc2c3c(sc2c1CCCC)CC(CC(C)CCCC)C1=C3C=C(OCCC)C2CCC(CC(C)CCCC)CC12. The van der Waals surface area contributed by atoms with Crippen LogP contribution < -0.4 is 0 Å². The highest BCUT2D eigenvalue weighted by molar-refractivity contribution is 7.19. The van der Waals surface area contributed by atoms with E-state index in [2.05, 4.69) is 78.0 Å². The molecule has 3 aliphatic rings. The van der Waals surface area contributed by atoms with E-state index in [0.29, 0.717) is 17.8 Å². The van der Waals surface area contributed by atoms with Crippen molar-refractivity contribution in [3.63, 3.8) is 0 Å². The van der Waals surface area contributed by atoms with Crippen molar-refractivity contribution in [3.8, 4) is 0 Å². The first kappa shape index (κ1) is 36.7. The maximum absolute atomic E-state index is 6.76. The summed E-state index contributed by atoms with van der Waals surface area (Å²) in [6.07, 6.45) is 27.6. The summed E-state index contributed by atoms with van der Waals surface area (Å²) in [4.78, 5) is 1.68. The third-order valence-electron chi connectivity index (χ3n) is 12.2. The van der Waals surface area contributed by atoms with Gasteiger partial charge in [0.1, 0.15) is 5.76 Å². The van der Waals surface area contributed by atoms with Gasteiger partial charge in [0.15, 0.2) is 0 Å². The summed E-state index contributed by atoms with van der Waals surface area (Å²) in [5.41, 5.74) is 8.41. The summed E-state index contributed by atoms with van der Waals surface area (Å²) in [7, 11) is 0. The summed E-state index contributed by atoms with van der Waals surface area (Å²) in [5, 5.41) is 1.56. The number of aryl methyl sites for hydroxylation is 2. The second-order valence-electron chi connectivity index (χ2n) is 16.2. The van der Waals surface area contributed by atoms with Gasteiger partial charge in [-0.2, -0.15) is 0 Å². The molecule has 5 rings (SSSR count). The van der Waals surface area contributed by atoms with Crippen LogP contribution in [0.5, 0.6) is 0 Å². The molecule has 1 nitrogen and oxygen atoms in total. The van der Waals surface area contributed by atoms with Crippen LogP contribution in [0.4, 0.5) is 0 Å². The van der Waals surface area contributed by atoms with Gasteiger partial charge in [-0.05, 0) is 123 Å². The number of fused-ring (bicyclic) bond motifs is 6. The second kappa shape index (κ2) is 17.9. The fourth-order valence-electron chi connectivity index (χ4n) is 9.71. The van der Waals surface area contributed by atoms with Crippen LogP contribution in [0.3, 0.4) is 0 Å². The first-order valence-electron chi connectivity index (χ1n) is 20.6. The minimum atomic E-state index is 0.586. The van der Waals surface area contributed by atoms with E-state index in [1.54, 1.807) is 37.2 Å². The number of benzene rings is 1. The van der Waals surface area contributed by atoms with Crippen LogP contribution in [-0.4, -0.2) is 6.61 Å². The van der Waals surface area contributed by atoms with Crippen molar-refractivity contribution in [2.75, 3.05) is 6.61 Å². The van der Waals surface area contributed by atoms with Crippen molar-refractivity contribution < 1.29 is 4.74 Å². The molecule has 47 heavy (non-hydrogen) atoms. The Morgan fingerprint density at radius 1 is 0.787 bits per heavy atom. The lowest BCUT2D eigenvalue weighted by Crippen LogP contribution is -2.36. The quantitative estimate of drug-likeness (QED) is 0.146. The molecule has 6 atom stereocenters. The Kier molecular flexibility index (Phi) is 14.0. The molecule has 0 amide bonds. The molecular formula is C45H70OS. The Morgan fingerprint density at radius 2 is 1.49 bits per heavy atom. The molecule has 0 bridgehead atoms. The molecule has 1 aromatic carbocycles. The van der Waals surface area contributed by atoms with Crippen molar-refractivity contribution in [1.29, 1.82) is 0 Å². The minimum absolute atomic E-state index is 0.586. The topological polar surface area (TPSA) is 9.23 Å². The Bertz CT molecular complexity index is 1340. The molecule has 0 N–H and O–H groups in total. The van der Waals surface area contributed by atoms with Crippen LogP contribution in [0.2, 0.25) is 0 Å². The average molecular weight is 659 g/mol. The first-order chi connectivity index (χ1) is 22.9. The molecule has 0 saturated heterocycles. The molecule has 3 aliphatic carbocycles. The molecule has 0 radical (unpaired) electrons. The maximum atomic E-state index is 6.76. The molecule has 1 aromatic heterocycles. The molecule has 0 spiro atoms. The zero-order valence-electron chi connectivity index (χ0n) is 31.7. The van der Waals surface area contributed by atoms with Gasteiger partial charge in [0.25, 0.3) is 0 Å². The molecule has 262 valence electrons. The molecule has 0 aliphatic heterocycles. The number of hydrogen-bond donors (Lipinski definition) is 0. The number of unbranched alkanes of at least 4 members (excludes halogenated alkanes) is 4. The molecule has 1 heterocycles. The van der Waals surface area contributed by atoms with E-state index >= 15 is 0 Å². The molecule has 6 unspecified atom stereocenters. The Hall–Kier alpha value is -1.54. The highest BCUT2D eigenvalue weighted by atomic mass is 32.1. The first-order valence-corrected chi connectivity index (χ1v) is 21.4. The van der Waals surface area contributed by atoms with E-state index in [0.717, 1.165) is 30.8 Å².